The number of aromatic carboxylic acids is 1. The SMILES string of the molecule is CC1CCOC1C(=O)N1Cc2ccc(C(=O)O)cc2C1. The molecule has 5 nitrogen and oxygen atoms in total. The Morgan fingerprint density at radius 2 is 2.05 bits per heavy atom. The van der Waals surface area contributed by atoms with Crippen LogP contribution >= 0.6 is 0 Å². The fourth-order valence-corrected chi connectivity index (χ4v) is 2.87. The highest BCUT2D eigenvalue weighted by Gasteiger charge is 2.36. The minimum Gasteiger partial charge on any atom is -0.478 e. The molecule has 106 valence electrons. The lowest BCUT2D eigenvalue weighted by atomic mass is 10.0. The van der Waals surface area contributed by atoms with Gasteiger partial charge in [0.25, 0.3) is 5.91 Å². The highest BCUT2D eigenvalue weighted by molar-refractivity contribution is 5.88. The monoisotopic (exact) mass is 275 g/mol. The third-order valence-electron chi connectivity index (χ3n) is 4.12. The summed E-state index contributed by atoms with van der Waals surface area (Å²) in [5.74, 6) is -0.672. The number of hydrogen-bond acceptors (Lipinski definition) is 3. The van der Waals surface area contributed by atoms with Gasteiger partial charge < -0.3 is 14.7 Å². The first-order chi connectivity index (χ1) is 9.56. The zero-order valence-corrected chi connectivity index (χ0v) is 11.3. The molecule has 0 spiro atoms. The lowest BCUT2D eigenvalue weighted by molar-refractivity contribution is -0.143. The molecule has 3 rings (SSSR count). The van der Waals surface area contributed by atoms with Gasteiger partial charge in [-0.15, -0.1) is 0 Å². The smallest absolute Gasteiger partial charge is 0.335 e. The van der Waals surface area contributed by atoms with Gasteiger partial charge in [0.05, 0.1) is 5.56 Å². The van der Waals surface area contributed by atoms with E-state index in [1.54, 1.807) is 23.1 Å². The fraction of sp³-hybridized carbons (Fsp3) is 0.467. The van der Waals surface area contributed by atoms with Crippen LogP contribution < -0.4 is 0 Å². The molecule has 0 saturated carbocycles. The Kier molecular flexibility index (Phi) is 3.22. The molecule has 2 aliphatic heterocycles. The molecule has 0 radical (unpaired) electrons. The summed E-state index contributed by atoms with van der Waals surface area (Å²) in [5.41, 5.74) is 2.21. The number of ether oxygens (including phenoxy) is 1. The van der Waals surface area contributed by atoms with E-state index in [0.29, 0.717) is 19.7 Å². The van der Waals surface area contributed by atoms with E-state index < -0.39 is 5.97 Å². The Morgan fingerprint density at radius 3 is 2.70 bits per heavy atom. The predicted molar refractivity (Wildman–Crippen MR) is 71.2 cm³/mol. The van der Waals surface area contributed by atoms with Crippen LogP contribution in [0.3, 0.4) is 0 Å². The maximum absolute atomic E-state index is 12.4. The average Bonchev–Trinajstić information content (AvgIpc) is 3.02. The molecule has 0 aromatic heterocycles. The zero-order valence-electron chi connectivity index (χ0n) is 11.3. The molecule has 2 heterocycles. The topological polar surface area (TPSA) is 66.8 Å². The number of carbonyl (C=O) groups is 2. The van der Waals surface area contributed by atoms with Crippen molar-refractivity contribution in [2.45, 2.75) is 32.5 Å². The van der Waals surface area contributed by atoms with Crippen molar-refractivity contribution in [2.24, 2.45) is 5.92 Å². The molecular formula is C15H17NO4. The molecule has 2 atom stereocenters. The second-order valence-corrected chi connectivity index (χ2v) is 5.54. The van der Waals surface area contributed by atoms with Crippen molar-refractivity contribution < 1.29 is 19.4 Å². The lowest BCUT2D eigenvalue weighted by Crippen LogP contribution is -2.38. The van der Waals surface area contributed by atoms with Crippen LogP contribution in [0.2, 0.25) is 0 Å². The molecule has 0 aliphatic carbocycles. The normalized spacial score (nSPS) is 24.8. The predicted octanol–water partition coefficient (Wildman–Crippen LogP) is 1.65. The van der Waals surface area contributed by atoms with E-state index in [-0.39, 0.29) is 23.5 Å². The van der Waals surface area contributed by atoms with Gasteiger partial charge in [-0.3, -0.25) is 4.79 Å². The number of fused-ring (bicyclic) bond motifs is 1. The molecule has 5 heteroatoms. The third-order valence-corrected chi connectivity index (χ3v) is 4.12. The molecule has 2 unspecified atom stereocenters. The Labute approximate surface area is 117 Å². The van der Waals surface area contributed by atoms with Crippen LogP contribution in [-0.4, -0.2) is 34.6 Å². The van der Waals surface area contributed by atoms with E-state index in [1.165, 1.54) is 0 Å². The highest BCUT2D eigenvalue weighted by atomic mass is 16.5. The van der Waals surface area contributed by atoms with Crippen molar-refractivity contribution in [1.29, 1.82) is 0 Å². The minimum atomic E-state index is -0.940. The van der Waals surface area contributed by atoms with Gasteiger partial charge in [-0.05, 0) is 35.6 Å². The summed E-state index contributed by atoms with van der Waals surface area (Å²) in [5, 5.41) is 9.00. The molecule has 0 bridgehead atoms. The summed E-state index contributed by atoms with van der Waals surface area (Å²) in [6.45, 7) is 3.69. The van der Waals surface area contributed by atoms with Gasteiger partial charge in [0, 0.05) is 19.7 Å². The van der Waals surface area contributed by atoms with Gasteiger partial charge in [0.15, 0.2) is 0 Å². The molecule has 1 fully saturated rings. The number of benzene rings is 1. The number of carboxylic acids is 1. The third kappa shape index (κ3) is 2.18. The second kappa shape index (κ2) is 4.90. The van der Waals surface area contributed by atoms with Gasteiger partial charge in [-0.1, -0.05) is 13.0 Å². The largest absolute Gasteiger partial charge is 0.478 e. The highest BCUT2D eigenvalue weighted by Crippen LogP contribution is 2.28. The first kappa shape index (κ1) is 13.1. The van der Waals surface area contributed by atoms with Crippen LogP contribution in [0.15, 0.2) is 18.2 Å². The molecule has 1 aromatic rings. The van der Waals surface area contributed by atoms with E-state index in [4.69, 9.17) is 9.84 Å². The summed E-state index contributed by atoms with van der Waals surface area (Å²) in [6, 6.07) is 5.04. The van der Waals surface area contributed by atoms with Crippen LogP contribution in [-0.2, 0) is 22.6 Å². The molecule has 2 aliphatic rings. The number of nitrogens with zero attached hydrogens (tertiary/aromatic N) is 1. The average molecular weight is 275 g/mol. The van der Waals surface area contributed by atoms with Crippen molar-refractivity contribution in [3.05, 3.63) is 34.9 Å². The van der Waals surface area contributed by atoms with Gasteiger partial charge in [-0.2, -0.15) is 0 Å². The van der Waals surface area contributed by atoms with Crippen molar-refractivity contribution >= 4 is 11.9 Å². The van der Waals surface area contributed by atoms with Crippen LogP contribution in [0, 0.1) is 5.92 Å². The number of amides is 1. The fourth-order valence-electron chi connectivity index (χ4n) is 2.87. The summed E-state index contributed by atoms with van der Waals surface area (Å²) < 4.78 is 5.51. The number of hydrogen-bond donors (Lipinski definition) is 1. The van der Waals surface area contributed by atoms with E-state index in [1.807, 2.05) is 6.92 Å². The molecule has 1 amide bonds. The van der Waals surface area contributed by atoms with Crippen molar-refractivity contribution in [3.8, 4) is 0 Å². The van der Waals surface area contributed by atoms with Crippen molar-refractivity contribution in [1.82, 2.24) is 4.90 Å². The van der Waals surface area contributed by atoms with Crippen LogP contribution in [0.4, 0.5) is 0 Å². The number of rotatable bonds is 2. The summed E-state index contributed by atoms with van der Waals surface area (Å²) in [4.78, 5) is 25.2. The quantitative estimate of drug-likeness (QED) is 0.891. The Balaban J connectivity index is 1.76. The van der Waals surface area contributed by atoms with Gasteiger partial charge in [0.1, 0.15) is 6.10 Å². The Morgan fingerprint density at radius 1 is 1.30 bits per heavy atom. The molecule has 1 N–H and O–H groups in total. The van der Waals surface area contributed by atoms with Gasteiger partial charge >= 0.3 is 5.97 Å². The van der Waals surface area contributed by atoms with E-state index >= 15 is 0 Å². The Hall–Kier alpha value is -1.88. The van der Waals surface area contributed by atoms with E-state index in [2.05, 4.69) is 0 Å². The van der Waals surface area contributed by atoms with Crippen molar-refractivity contribution in [2.75, 3.05) is 6.61 Å². The lowest BCUT2D eigenvalue weighted by Gasteiger charge is -2.21. The first-order valence-electron chi connectivity index (χ1n) is 6.82. The Bertz CT molecular complexity index is 569. The summed E-state index contributed by atoms with van der Waals surface area (Å²) in [6.07, 6.45) is 0.573. The van der Waals surface area contributed by atoms with Gasteiger partial charge in [0.2, 0.25) is 0 Å². The van der Waals surface area contributed by atoms with Crippen LogP contribution in [0.25, 0.3) is 0 Å². The first-order valence-corrected chi connectivity index (χ1v) is 6.82. The molecule has 1 saturated heterocycles. The van der Waals surface area contributed by atoms with E-state index in [0.717, 1.165) is 17.5 Å². The number of carboxylic acid groups (broad SMARTS) is 1. The molecular weight excluding hydrogens is 258 g/mol. The molecule has 20 heavy (non-hydrogen) atoms. The maximum Gasteiger partial charge on any atom is 0.335 e. The van der Waals surface area contributed by atoms with E-state index in [9.17, 15) is 9.59 Å². The second-order valence-electron chi connectivity index (χ2n) is 5.54. The summed E-state index contributed by atoms with van der Waals surface area (Å²) >= 11 is 0. The molecule has 1 aromatic carbocycles. The number of carbonyl (C=O) groups excluding carboxylic acids is 1. The standard InChI is InChI=1S/C15H17NO4/c1-9-4-5-20-13(9)14(17)16-7-11-3-2-10(15(18)19)6-12(11)8-16/h2-3,6,9,13H,4-5,7-8H2,1H3,(H,18,19). The van der Waals surface area contributed by atoms with Crippen molar-refractivity contribution in [3.63, 3.8) is 0 Å². The van der Waals surface area contributed by atoms with Crippen LogP contribution in [0.5, 0.6) is 0 Å². The summed E-state index contributed by atoms with van der Waals surface area (Å²) in [7, 11) is 0. The minimum absolute atomic E-state index is 0.0167. The maximum atomic E-state index is 12.4. The van der Waals surface area contributed by atoms with Gasteiger partial charge in [-0.25, -0.2) is 4.79 Å². The van der Waals surface area contributed by atoms with Crippen LogP contribution in [0.1, 0.15) is 34.8 Å². The zero-order chi connectivity index (χ0) is 14.3.